The summed E-state index contributed by atoms with van der Waals surface area (Å²) in [6, 6.07) is 4.73. The van der Waals surface area contributed by atoms with Crippen LogP contribution in [0.2, 0.25) is 0 Å². The molecule has 0 bridgehead atoms. The lowest BCUT2D eigenvalue weighted by atomic mass is 10.3. The van der Waals surface area contributed by atoms with E-state index in [1.165, 1.54) is 14.2 Å². The van der Waals surface area contributed by atoms with Crippen molar-refractivity contribution in [2.24, 2.45) is 0 Å². The van der Waals surface area contributed by atoms with Crippen LogP contribution in [0.1, 0.15) is 6.42 Å². The Labute approximate surface area is 149 Å². The largest absolute Gasteiger partial charge is 0.493 e. The monoisotopic (exact) mass is 374 g/mol. The van der Waals surface area contributed by atoms with Crippen LogP contribution in [0, 0.1) is 0 Å². The first kappa shape index (κ1) is 19.4. The maximum absolute atomic E-state index is 13.2. The van der Waals surface area contributed by atoms with Crippen molar-refractivity contribution >= 4 is 21.8 Å². The molecular weight excluding hydrogens is 348 g/mol. The van der Waals surface area contributed by atoms with Gasteiger partial charge in [-0.15, -0.1) is 0 Å². The fourth-order valence-electron chi connectivity index (χ4n) is 2.80. The van der Waals surface area contributed by atoms with Crippen molar-refractivity contribution in [3.63, 3.8) is 0 Å². The molecule has 1 atom stereocenters. The molecule has 1 aromatic rings. The van der Waals surface area contributed by atoms with Crippen LogP contribution in [-0.4, -0.2) is 76.6 Å². The zero-order valence-corrected chi connectivity index (χ0v) is 16.3. The van der Waals surface area contributed by atoms with Crippen LogP contribution in [0.5, 0.6) is 11.5 Å². The summed E-state index contributed by atoms with van der Waals surface area (Å²) in [7, 11) is 3.40. The van der Waals surface area contributed by atoms with Crippen LogP contribution in [0.25, 0.3) is 0 Å². The number of benzene rings is 1. The van der Waals surface area contributed by atoms with E-state index in [0.717, 1.165) is 17.9 Å². The quantitative estimate of drug-likeness (QED) is 0.756. The van der Waals surface area contributed by atoms with Crippen molar-refractivity contribution in [3.8, 4) is 11.5 Å². The van der Waals surface area contributed by atoms with Gasteiger partial charge in [-0.05, 0) is 38.4 Å². The number of rotatable bonds is 6. The van der Waals surface area contributed by atoms with E-state index in [0.29, 0.717) is 24.6 Å². The second-order valence-corrected chi connectivity index (χ2v) is 9.02. The van der Waals surface area contributed by atoms with Gasteiger partial charge in [0.05, 0.1) is 19.1 Å². The first-order valence-corrected chi connectivity index (χ1v) is 10.5. The van der Waals surface area contributed by atoms with E-state index in [1.54, 1.807) is 22.5 Å². The van der Waals surface area contributed by atoms with Crippen LogP contribution in [0.15, 0.2) is 23.1 Å². The Morgan fingerprint density at radius 2 is 1.96 bits per heavy atom. The first-order chi connectivity index (χ1) is 11.4. The second-order valence-electron chi connectivity index (χ2n) is 5.98. The molecule has 0 spiro atoms. The maximum Gasteiger partial charge on any atom is 0.243 e. The highest BCUT2D eigenvalue weighted by atomic mass is 32.2. The molecule has 0 N–H and O–H groups in total. The van der Waals surface area contributed by atoms with E-state index in [-0.39, 0.29) is 10.9 Å². The minimum Gasteiger partial charge on any atom is -0.493 e. The highest BCUT2D eigenvalue weighted by Crippen LogP contribution is 2.32. The lowest BCUT2D eigenvalue weighted by Crippen LogP contribution is -2.46. The SMILES string of the molecule is COc1ccc(S(=O)(=O)N2CCCSCC2CN(C)C)cc1OC. The Morgan fingerprint density at radius 3 is 2.58 bits per heavy atom. The number of hydrogen-bond donors (Lipinski definition) is 0. The Bertz CT molecular complexity index is 649. The summed E-state index contributed by atoms with van der Waals surface area (Å²) < 4.78 is 38.5. The van der Waals surface area contributed by atoms with Gasteiger partial charge >= 0.3 is 0 Å². The van der Waals surface area contributed by atoms with Crippen LogP contribution in [-0.2, 0) is 10.0 Å². The lowest BCUT2D eigenvalue weighted by Gasteiger charge is -2.30. The summed E-state index contributed by atoms with van der Waals surface area (Å²) in [5, 5.41) is 0. The summed E-state index contributed by atoms with van der Waals surface area (Å²) in [6.07, 6.45) is 0.862. The molecule has 6 nitrogen and oxygen atoms in total. The van der Waals surface area contributed by atoms with Gasteiger partial charge in [-0.1, -0.05) is 0 Å². The summed E-state index contributed by atoms with van der Waals surface area (Å²) in [5.74, 6) is 2.74. The molecule has 2 rings (SSSR count). The van der Waals surface area contributed by atoms with E-state index in [9.17, 15) is 8.42 Å². The number of sulfonamides is 1. The Kier molecular flexibility index (Phi) is 6.79. The van der Waals surface area contributed by atoms with E-state index in [2.05, 4.69) is 0 Å². The predicted molar refractivity (Wildman–Crippen MR) is 97.7 cm³/mol. The highest BCUT2D eigenvalue weighted by Gasteiger charge is 2.33. The molecule has 0 saturated carbocycles. The Morgan fingerprint density at radius 1 is 1.25 bits per heavy atom. The molecule has 0 radical (unpaired) electrons. The van der Waals surface area contributed by atoms with E-state index >= 15 is 0 Å². The average Bonchev–Trinajstić information content (AvgIpc) is 2.79. The maximum atomic E-state index is 13.2. The third-order valence-electron chi connectivity index (χ3n) is 3.92. The molecule has 0 aliphatic carbocycles. The summed E-state index contributed by atoms with van der Waals surface area (Å²) in [4.78, 5) is 2.28. The smallest absolute Gasteiger partial charge is 0.243 e. The standard InChI is InChI=1S/C16H26N2O4S2/c1-17(2)11-13-12-23-9-5-8-18(13)24(19,20)14-6-7-15(21-3)16(10-14)22-4/h6-7,10,13H,5,8-9,11-12H2,1-4H3. The number of methoxy groups -OCH3 is 2. The Balaban J connectivity index is 2.38. The third-order valence-corrected chi connectivity index (χ3v) is 7.07. The summed E-state index contributed by atoms with van der Waals surface area (Å²) in [5.41, 5.74) is 0. The molecule has 8 heteroatoms. The first-order valence-electron chi connectivity index (χ1n) is 7.86. The molecule has 24 heavy (non-hydrogen) atoms. The molecule has 0 aromatic heterocycles. The fourth-order valence-corrected chi connectivity index (χ4v) is 5.62. The van der Waals surface area contributed by atoms with Gasteiger partial charge in [-0.3, -0.25) is 0 Å². The zero-order chi connectivity index (χ0) is 17.7. The number of likely N-dealkylation sites (N-methyl/N-ethyl adjacent to an activating group) is 1. The van der Waals surface area contributed by atoms with Crippen molar-refractivity contribution in [2.75, 3.05) is 52.9 Å². The molecule has 1 unspecified atom stereocenters. The average molecular weight is 375 g/mol. The molecule has 136 valence electrons. The molecular formula is C16H26N2O4S2. The van der Waals surface area contributed by atoms with E-state index in [4.69, 9.17) is 9.47 Å². The topological polar surface area (TPSA) is 59.1 Å². The number of nitrogens with zero attached hydrogens (tertiary/aromatic N) is 2. The van der Waals surface area contributed by atoms with E-state index < -0.39 is 10.0 Å². The normalized spacial score (nSPS) is 20.0. The predicted octanol–water partition coefficient (Wildman–Crippen LogP) is 1.76. The van der Waals surface area contributed by atoms with Gasteiger partial charge in [0.15, 0.2) is 11.5 Å². The zero-order valence-electron chi connectivity index (χ0n) is 14.7. The fraction of sp³-hybridized carbons (Fsp3) is 0.625. The minimum absolute atomic E-state index is 0.0365. The number of thioether (sulfide) groups is 1. The highest BCUT2D eigenvalue weighted by molar-refractivity contribution is 7.99. The van der Waals surface area contributed by atoms with Crippen LogP contribution in [0.4, 0.5) is 0 Å². The van der Waals surface area contributed by atoms with Crippen molar-refractivity contribution in [1.29, 1.82) is 0 Å². The van der Waals surface area contributed by atoms with Gasteiger partial charge in [0.2, 0.25) is 10.0 Å². The molecule has 0 amide bonds. The molecule has 1 aliphatic heterocycles. The Hall–Kier alpha value is -0.960. The van der Waals surface area contributed by atoms with Gasteiger partial charge in [-0.25, -0.2) is 8.42 Å². The lowest BCUT2D eigenvalue weighted by molar-refractivity contribution is 0.271. The van der Waals surface area contributed by atoms with E-state index in [1.807, 2.05) is 30.8 Å². The van der Waals surface area contributed by atoms with Crippen LogP contribution >= 0.6 is 11.8 Å². The van der Waals surface area contributed by atoms with Gasteiger partial charge in [-0.2, -0.15) is 16.1 Å². The van der Waals surface area contributed by atoms with Crippen molar-refractivity contribution < 1.29 is 17.9 Å². The molecule has 1 heterocycles. The minimum atomic E-state index is -3.58. The van der Waals surface area contributed by atoms with Crippen molar-refractivity contribution in [3.05, 3.63) is 18.2 Å². The molecule has 1 saturated heterocycles. The summed E-state index contributed by atoms with van der Waals surface area (Å²) in [6.45, 7) is 1.25. The van der Waals surface area contributed by atoms with Crippen LogP contribution in [0.3, 0.4) is 0 Å². The third kappa shape index (κ3) is 4.36. The van der Waals surface area contributed by atoms with Gasteiger partial charge in [0.25, 0.3) is 0 Å². The number of ether oxygens (including phenoxy) is 2. The second kappa shape index (κ2) is 8.42. The van der Waals surface area contributed by atoms with Crippen molar-refractivity contribution in [2.45, 2.75) is 17.4 Å². The van der Waals surface area contributed by atoms with Crippen molar-refractivity contribution in [1.82, 2.24) is 9.21 Å². The van der Waals surface area contributed by atoms with Gasteiger partial charge in [0, 0.05) is 31.0 Å². The summed E-state index contributed by atoms with van der Waals surface area (Å²) >= 11 is 1.82. The molecule has 1 aliphatic rings. The van der Waals surface area contributed by atoms with Crippen LogP contribution < -0.4 is 9.47 Å². The van der Waals surface area contributed by atoms with Gasteiger partial charge in [0.1, 0.15) is 0 Å². The molecule has 1 aromatic carbocycles. The van der Waals surface area contributed by atoms with Gasteiger partial charge < -0.3 is 14.4 Å². The number of hydrogen-bond acceptors (Lipinski definition) is 6. The molecule has 1 fully saturated rings.